The van der Waals surface area contributed by atoms with Gasteiger partial charge in [-0.1, -0.05) is 5.16 Å². The third kappa shape index (κ3) is 2.99. The number of aromatic nitrogens is 3. The summed E-state index contributed by atoms with van der Waals surface area (Å²) in [4.78, 5) is 13.5. The Morgan fingerprint density at radius 3 is 3.09 bits per heavy atom. The highest BCUT2D eigenvalue weighted by molar-refractivity contribution is 7.13. The molecule has 1 saturated heterocycles. The Kier molecular flexibility index (Phi) is 3.84. The predicted octanol–water partition coefficient (Wildman–Crippen LogP) is 2.50. The molecule has 0 N–H and O–H groups in total. The van der Waals surface area contributed by atoms with Crippen molar-refractivity contribution in [2.45, 2.75) is 19.5 Å². The number of hydrogen-bond donors (Lipinski definition) is 0. The summed E-state index contributed by atoms with van der Waals surface area (Å²) in [5.74, 6) is 1.21. The van der Waals surface area contributed by atoms with Crippen LogP contribution in [0.4, 0.5) is 5.13 Å². The number of anilines is 1. The highest BCUT2D eigenvalue weighted by Gasteiger charge is 2.26. The molecular weight excluding hydrogens is 314 g/mol. The highest BCUT2D eigenvalue weighted by Crippen LogP contribution is 2.23. The largest absolute Gasteiger partial charge is 0.472 e. The predicted molar refractivity (Wildman–Crippen MR) is 86.2 cm³/mol. The Bertz CT molecular complexity index is 740. The molecule has 0 saturated carbocycles. The average molecular weight is 331 g/mol. The number of furan rings is 1. The third-order valence-electron chi connectivity index (χ3n) is 3.98. The van der Waals surface area contributed by atoms with E-state index < -0.39 is 0 Å². The minimum absolute atomic E-state index is 0.408. The van der Waals surface area contributed by atoms with Crippen molar-refractivity contribution < 1.29 is 8.94 Å². The van der Waals surface area contributed by atoms with E-state index in [1.165, 1.54) is 0 Å². The highest BCUT2D eigenvalue weighted by atomic mass is 32.1. The van der Waals surface area contributed by atoms with E-state index in [0.29, 0.717) is 24.3 Å². The Balaban J connectivity index is 1.39. The van der Waals surface area contributed by atoms with E-state index in [4.69, 9.17) is 8.94 Å². The van der Waals surface area contributed by atoms with Crippen LogP contribution in [0, 0.1) is 0 Å². The van der Waals surface area contributed by atoms with Gasteiger partial charge in [0.2, 0.25) is 11.7 Å². The molecule has 7 nitrogen and oxygen atoms in total. The Labute approximate surface area is 137 Å². The number of rotatable bonds is 4. The van der Waals surface area contributed by atoms with Gasteiger partial charge in [0.05, 0.1) is 18.4 Å². The zero-order chi connectivity index (χ0) is 15.6. The summed E-state index contributed by atoms with van der Waals surface area (Å²) in [7, 11) is 0. The molecule has 8 heteroatoms. The lowest BCUT2D eigenvalue weighted by atomic mass is 10.2. The first-order valence-corrected chi connectivity index (χ1v) is 8.41. The molecule has 23 heavy (non-hydrogen) atoms. The molecule has 0 bridgehead atoms. The van der Waals surface area contributed by atoms with Crippen molar-refractivity contribution in [1.82, 2.24) is 20.0 Å². The van der Waals surface area contributed by atoms with Crippen molar-refractivity contribution in [3.05, 3.63) is 36.1 Å². The summed E-state index contributed by atoms with van der Waals surface area (Å²) in [6.45, 7) is 5.74. The Morgan fingerprint density at radius 2 is 2.35 bits per heavy atom. The molecule has 4 rings (SSSR count). The van der Waals surface area contributed by atoms with Crippen molar-refractivity contribution in [3.8, 4) is 11.4 Å². The number of thiazole rings is 1. The van der Waals surface area contributed by atoms with Crippen LogP contribution in [0.25, 0.3) is 11.4 Å². The minimum Gasteiger partial charge on any atom is -0.472 e. The molecule has 4 heterocycles. The lowest BCUT2D eigenvalue weighted by Gasteiger charge is -2.39. The van der Waals surface area contributed by atoms with Crippen molar-refractivity contribution in [2.24, 2.45) is 0 Å². The number of hydrogen-bond acceptors (Lipinski definition) is 8. The van der Waals surface area contributed by atoms with E-state index in [2.05, 4.69) is 31.8 Å². The van der Waals surface area contributed by atoms with Gasteiger partial charge in [-0.25, -0.2) is 4.98 Å². The molecule has 1 aliphatic heterocycles. The first-order valence-electron chi connectivity index (χ1n) is 7.53. The van der Waals surface area contributed by atoms with Crippen LogP contribution in [0.15, 0.2) is 39.1 Å². The smallest absolute Gasteiger partial charge is 0.241 e. The molecule has 1 aliphatic rings. The van der Waals surface area contributed by atoms with Crippen LogP contribution < -0.4 is 4.90 Å². The van der Waals surface area contributed by atoms with Crippen LogP contribution in [0.3, 0.4) is 0 Å². The number of piperazine rings is 1. The van der Waals surface area contributed by atoms with Crippen LogP contribution >= 0.6 is 11.3 Å². The zero-order valence-corrected chi connectivity index (χ0v) is 13.6. The summed E-state index contributed by atoms with van der Waals surface area (Å²) in [6.07, 6.45) is 5.07. The molecule has 3 aromatic rings. The fourth-order valence-corrected chi connectivity index (χ4v) is 3.61. The summed E-state index contributed by atoms with van der Waals surface area (Å²) in [5, 5.41) is 7.12. The second kappa shape index (κ2) is 6.13. The van der Waals surface area contributed by atoms with Gasteiger partial charge < -0.3 is 13.8 Å². The fourth-order valence-electron chi connectivity index (χ4n) is 2.84. The second-order valence-corrected chi connectivity index (χ2v) is 6.49. The summed E-state index contributed by atoms with van der Waals surface area (Å²) >= 11 is 1.69. The van der Waals surface area contributed by atoms with Crippen LogP contribution in [0.2, 0.25) is 0 Å². The van der Waals surface area contributed by atoms with Crippen LogP contribution in [0.1, 0.15) is 12.8 Å². The molecule has 0 amide bonds. The summed E-state index contributed by atoms with van der Waals surface area (Å²) in [5.41, 5.74) is 0.835. The summed E-state index contributed by atoms with van der Waals surface area (Å²) < 4.78 is 10.4. The SMILES string of the molecule is C[C@H]1CN(Cc2nc(-c3ccoc3)no2)CCN1c1nccs1. The number of nitrogens with zero attached hydrogens (tertiary/aromatic N) is 5. The molecule has 1 fully saturated rings. The van der Waals surface area contributed by atoms with Crippen molar-refractivity contribution in [1.29, 1.82) is 0 Å². The van der Waals surface area contributed by atoms with Gasteiger partial charge in [-0.3, -0.25) is 4.90 Å². The third-order valence-corrected chi connectivity index (χ3v) is 4.79. The maximum absolute atomic E-state index is 5.36. The van der Waals surface area contributed by atoms with E-state index in [1.54, 1.807) is 23.9 Å². The maximum atomic E-state index is 5.36. The van der Waals surface area contributed by atoms with Gasteiger partial charge in [0.25, 0.3) is 0 Å². The van der Waals surface area contributed by atoms with Gasteiger partial charge >= 0.3 is 0 Å². The minimum atomic E-state index is 0.408. The van der Waals surface area contributed by atoms with Gasteiger partial charge in [0.1, 0.15) is 6.26 Å². The Hall–Kier alpha value is -2.19. The van der Waals surface area contributed by atoms with Gasteiger partial charge in [0, 0.05) is 37.3 Å². The van der Waals surface area contributed by atoms with E-state index in [0.717, 1.165) is 30.3 Å². The standard InChI is InChI=1S/C15H17N5O2S/c1-11-8-19(4-5-20(11)15-16-3-7-23-15)9-13-17-14(18-22-13)12-2-6-21-10-12/h2-3,6-7,10-11H,4-5,8-9H2,1H3/t11-/m0/s1. The van der Waals surface area contributed by atoms with E-state index in [9.17, 15) is 0 Å². The average Bonchev–Trinajstić information content (AvgIpc) is 3.30. The van der Waals surface area contributed by atoms with Gasteiger partial charge in [-0.2, -0.15) is 4.98 Å². The van der Waals surface area contributed by atoms with Crippen LogP contribution in [-0.4, -0.2) is 45.7 Å². The second-order valence-electron chi connectivity index (χ2n) is 5.62. The first-order chi connectivity index (χ1) is 11.3. The molecule has 1 atom stereocenters. The fraction of sp³-hybridized carbons (Fsp3) is 0.400. The van der Waals surface area contributed by atoms with Gasteiger partial charge in [-0.15, -0.1) is 11.3 Å². The van der Waals surface area contributed by atoms with Crippen molar-refractivity contribution in [3.63, 3.8) is 0 Å². The molecule has 0 aliphatic carbocycles. The topological polar surface area (TPSA) is 71.4 Å². The van der Waals surface area contributed by atoms with E-state index >= 15 is 0 Å². The molecule has 0 radical (unpaired) electrons. The molecule has 0 aromatic carbocycles. The van der Waals surface area contributed by atoms with Crippen LogP contribution in [0.5, 0.6) is 0 Å². The van der Waals surface area contributed by atoms with E-state index in [1.807, 2.05) is 17.6 Å². The monoisotopic (exact) mass is 331 g/mol. The first kappa shape index (κ1) is 14.4. The zero-order valence-electron chi connectivity index (χ0n) is 12.8. The van der Waals surface area contributed by atoms with Crippen molar-refractivity contribution in [2.75, 3.05) is 24.5 Å². The lowest BCUT2D eigenvalue weighted by molar-refractivity contribution is 0.194. The molecule has 120 valence electrons. The quantitative estimate of drug-likeness (QED) is 0.727. The van der Waals surface area contributed by atoms with Crippen LogP contribution in [-0.2, 0) is 6.54 Å². The maximum Gasteiger partial charge on any atom is 0.241 e. The summed E-state index contributed by atoms with van der Waals surface area (Å²) in [6, 6.07) is 2.23. The van der Waals surface area contributed by atoms with Crippen molar-refractivity contribution >= 4 is 16.5 Å². The van der Waals surface area contributed by atoms with Gasteiger partial charge in [0.15, 0.2) is 5.13 Å². The molecule has 3 aromatic heterocycles. The molecule has 0 unspecified atom stereocenters. The molecule has 0 spiro atoms. The van der Waals surface area contributed by atoms with Gasteiger partial charge in [-0.05, 0) is 13.0 Å². The van der Waals surface area contributed by atoms with E-state index in [-0.39, 0.29) is 0 Å². The normalized spacial score (nSPS) is 19.3. The lowest BCUT2D eigenvalue weighted by Crippen LogP contribution is -2.51. The molecular formula is C15H17N5O2S. The Morgan fingerprint density at radius 1 is 1.39 bits per heavy atom.